The molecule has 70 heavy (non-hydrogen) atoms. The number of para-hydroxylation sites is 2. The van der Waals surface area contributed by atoms with E-state index in [9.17, 15) is 19.5 Å². The number of hydrogen-bond donors (Lipinski definition) is 3. The molecule has 354 valence electrons. The van der Waals surface area contributed by atoms with E-state index in [2.05, 4.69) is 54.0 Å². The van der Waals surface area contributed by atoms with E-state index in [-0.39, 0.29) is 36.5 Å². The van der Waals surface area contributed by atoms with E-state index < -0.39 is 17.5 Å². The molecule has 0 radical (unpaired) electrons. The number of nitrogens with zero attached hydrogens (tertiary/aromatic N) is 9. The lowest BCUT2D eigenvalue weighted by atomic mass is 9.61. The molecule has 2 saturated carbocycles. The molecular formula is C55H53N9O6. The van der Waals surface area contributed by atoms with Crippen molar-refractivity contribution in [1.29, 1.82) is 0 Å². The van der Waals surface area contributed by atoms with Crippen LogP contribution in [0.4, 0.5) is 5.69 Å². The number of aliphatic carboxylic acids is 2. The fraction of sp³-hybridized carbons (Fsp3) is 0.255. The predicted molar refractivity (Wildman–Crippen MR) is 265 cm³/mol. The quantitative estimate of drug-likeness (QED) is 0.111. The van der Waals surface area contributed by atoms with Crippen LogP contribution in [0.2, 0.25) is 0 Å². The highest BCUT2D eigenvalue weighted by Gasteiger charge is 2.55. The largest absolute Gasteiger partial charge is 0.481 e. The Labute approximate surface area is 404 Å². The van der Waals surface area contributed by atoms with Crippen molar-refractivity contribution in [3.63, 3.8) is 0 Å². The highest BCUT2D eigenvalue weighted by atomic mass is 16.4. The number of hydrogen-bond acceptors (Lipinski definition) is 10. The van der Waals surface area contributed by atoms with E-state index >= 15 is 0 Å². The fourth-order valence-corrected chi connectivity index (χ4v) is 10.4. The number of benzene rings is 6. The van der Waals surface area contributed by atoms with Gasteiger partial charge < -0.3 is 20.2 Å². The molecule has 4 fully saturated rings. The minimum Gasteiger partial charge on any atom is -0.481 e. The first-order valence-electron chi connectivity index (χ1n) is 23.5. The highest BCUT2D eigenvalue weighted by Crippen LogP contribution is 2.51. The molecule has 1 amide bonds. The summed E-state index contributed by atoms with van der Waals surface area (Å²) in [6, 6.07) is 52.2. The fourth-order valence-electron chi connectivity index (χ4n) is 10.4. The Kier molecular flexibility index (Phi) is 14.4. The average molecular weight is 936 g/mol. The molecule has 2 saturated heterocycles. The second kappa shape index (κ2) is 21.4. The van der Waals surface area contributed by atoms with Crippen LogP contribution in [-0.2, 0) is 20.9 Å². The number of piperidine rings is 2. The van der Waals surface area contributed by atoms with Crippen LogP contribution in [0.1, 0.15) is 79.3 Å². The van der Waals surface area contributed by atoms with E-state index in [1.54, 1.807) is 10.8 Å². The molecule has 0 spiro atoms. The molecule has 2 aliphatic carbocycles. The summed E-state index contributed by atoms with van der Waals surface area (Å²) in [4.78, 5) is 37.0. The van der Waals surface area contributed by atoms with Crippen LogP contribution in [0.5, 0.6) is 0 Å². The number of rotatable bonds is 10. The number of aromatic nitrogens is 6. The molecule has 4 atom stereocenters. The van der Waals surface area contributed by atoms with Crippen molar-refractivity contribution in [1.82, 2.24) is 34.9 Å². The SMILES string of the molecule is O=C(CC(c1ccccc1)n1nnc2ccccc21)N1C2CC3CC1CC(O)(C3)C2.O=C(O)/C=C/c1ccccc1.O=C(O)CC(c1ccccc1)n1nnc2ccccc21.c1ccc2c(c1)CN=N2. The summed E-state index contributed by atoms with van der Waals surface area (Å²) in [7, 11) is 0. The summed E-state index contributed by atoms with van der Waals surface area (Å²) in [5.74, 6) is -1.05. The molecule has 5 aliphatic rings. The van der Waals surface area contributed by atoms with Gasteiger partial charge in [-0.2, -0.15) is 10.2 Å². The molecule has 15 heteroatoms. The lowest BCUT2D eigenvalue weighted by Gasteiger charge is -2.59. The second-order valence-corrected chi connectivity index (χ2v) is 18.1. The third-order valence-electron chi connectivity index (χ3n) is 13.3. The summed E-state index contributed by atoms with van der Waals surface area (Å²) < 4.78 is 3.58. The average Bonchev–Trinajstić information content (AvgIpc) is 4.15. The summed E-state index contributed by atoms with van der Waals surface area (Å²) >= 11 is 0. The Bertz CT molecular complexity index is 3110. The van der Waals surface area contributed by atoms with Crippen molar-refractivity contribution < 1.29 is 29.7 Å². The molecule has 13 rings (SSSR count). The zero-order chi connectivity index (χ0) is 48.5. The van der Waals surface area contributed by atoms with Gasteiger partial charge in [0.2, 0.25) is 5.91 Å². The van der Waals surface area contributed by atoms with Gasteiger partial charge in [0.1, 0.15) is 11.0 Å². The van der Waals surface area contributed by atoms with Crippen molar-refractivity contribution in [2.75, 3.05) is 0 Å². The maximum atomic E-state index is 13.6. The molecule has 4 unspecified atom stereocenters. The van der Waals surface area contributed by atoms with Crippen LogP contribution in [0, 0.1) is 5.92 Å². The van der Waals surface area contributed by atoms with Gasteiger partial charge in [-0.3, -0.25) is 9.59 Å². The molecule has 5 heterocycles. The third kappa shape index (κ3) is 11.1. The van der Waals surface area contributed by atoms with Gasteiger partial charge in [0.05, 0.1) is 53.8 Å². The van der Waals surface area contributed by atoms with Crippen LogP contribution in [0.15, 0.2) is 180 Å². The van der Waals surface area contributed by atoms with Gasteiger partial charge in [0.15, 0.2) is 0 Å². The number of amides is 1. The monoisotopic (exact) mass is 935 g/mol. The minimum absolute atomic E-state index is 0.0304. The standard InChI is InChI=1S/C24H26N4O2.C15H13N3O2.C9H8O2.C7H6N2/c29-23(27-18-10-16-11-19(27)15-24(30,13-16)14-18)12-22(17-6-2-1-3-7-17)28-21-9-5-4-8-20(21)25-26-28;19-15(20)10-14(11-6-2-1-3-7-11)18-13-9-5-4-8-12(13)16-17-18;10-9(11)7-6-8-4-2-1-3-5-8;1-2-4-7-6(3-1)5-8-9-7/h1-9,16,18-19,22,30H,10-15H2;1-9,14H,10H2,(H,19,20);1-7H,(H,10,11);1-4H,5H2/b;;7-6+;. The third-order valence-corrected chi connectivity index (χ3v) is 13.3. The van der Waals surface area contributed by atoms with Crippen molar-refractivity contribution in [3.05, 3.63) is 192 Å². The first kappa shape index (κ1) is 46.9. The van der Waals surface area contributed by atoms with E-state index in [1.807, 2.05) is 150 Å². The Hall–Kier alpha value is -8.17. The van der Waals surface area contributed by atoms with E-state index in [4.69, 9.17) is 10.2 Å². The smallest absolute Gasteiger partial charge is 0.328 e. The first-order chi connectivity index (χ1) is 34.1. The Morgan fingerprint density at radius 1 is 0.614 bits per heavy atom. The molecule has 3 N–H and O–H groups in total. The normalized spacial score (nSPS) is 20.1. The van der Waals surface area contributed by atoms with Crippen LogP contribution < -0.4 is 0 Å². The zero-order valence-electron chi connectivity index (χ0n) is 38.4. The molecule has 2 aromatic heterocycles. The van der Waals surface area contributed by atoms with Crippen LogP contribution in [0.3, 0.4) is 0 Å². The van der Waals surface area contributed by atoms with Gasteiger partial charge in [0.25, 0.3) is 0 Å². The number of carboxylic acid groups (broad SMARTS) is 2. The second-order valence-electron chi connectivity index (χ2n) is 18.1. The van der Waals surface area contributed by atoms with E-state index in [0.717, 1.165) is 89.2 Å². The van der Waals surface area contributed by atoms with Gasteiger partial charge in [0, 0.05) is 23.7 Å². The van der Waals surface area contributed by atoms with Crippen molar-refractivity contribution >= 4 is 51.7 Å². The van der Waals surface area contributed by atoms with Crippen LogP contribution in [0.25, 0.3) is 28.1 Å². The topological polar surface area (TPSA) is 201 Å². The molecule has 8 aromatic rings. The maximum Gasteiger partial charge on any atom is 0.328 e. The number of aliphatic hydroxyl groups is 1. The highest BCUT2D eigenvalue weighted by molar-refractivity contribution is 5.85. The van der Waals surface area contributed by atoms with Crippen molar-refractivity contribution in [3.8, 4) is 0 Å². The Balaban J connectivity index is 0.000000130. The van der Waals surface area contributed by atoms with Gasteiger partial charge in [-0.25, -0.2) is 14.2 Å². The molecule has 4 bridgehead atoms. The van der Waals surface area contributed by atoms with Gasteiger partial charge in [-0.1, -0.05) is 144 Å². The summed E-state index contributed by atoms with van der Waals surface area (Å²) in [5, 5.41) is 53.1. The van der Waals surface area contributed by atoms with Gasteiger partial charge in [-0.05, 0) is 91.1 Å². The summed E-state index contributed by atoms with van der Waals surface area (Å²) in [6.07, 6.45) is 7.45. The zero-order valence-corrected chi connectivity index (χ0v) is 38.4. The number of azo groups is 1. The van der Waals surface area contributed by atoms with Crippen molar-refractivity contribution in [2.45, 2.75) is 81.3 Å². The maximum absolute atomic E-state index is 13.6. The molecular weight excluding hydrogens is 883 g/mol. The Morgan fingerprint density at radius 2 is 1.11 bits per heavy atom. The minimum atomic E-state index is -0.922. The summed E-state index contributed by atoms with van der Waals surface area (Å²) in [6.45, 7) is 0.760. The van der Waals surface area contributed by atoms with Crippen LogP contribution in [-0.4, -0.2) is 85.7 Å². The molecule has 6 aromatic carbocycles. The number of carbonyl (C=O) groups excluding carboxylic acids is 1. The van der Waals surface area contributed by atoms with Gasteiger partial charge >= 0.3 is 11.9 Å². The molecule has 3 aliphatic heterocycles. The van der Waals surface area contributed by atoms with Crippen molar-refractivity contribution in [2.24, 2.45) is 16.1 Å². The van der Waals surface area contributed by atoms with Gasteiger partial charge in [-0.15, -0.1) is 10.2 Å². The first-order valence-corrected chi connectivity index (χ1v) is 23.5. The predicted octanol–water partition coefficient (Wildman–Crippen LogP) is 9.88. The van der Waals surface area contributed by atoms with E-state index in [0.29, 0.717) is 12.3 Å². The number of carbonyl (C=O) groups is 3. The number of fused-ring (bicyclic) bond motifs is 3. The van der Waals surface area contributed by atoms with E-state index in [1.165, 1.54) is 5.56 Å². The summed E-state index contributed by atoms with van der Waals surface area (Å²) in [5.41, 5.74) is 7.95. The van der Waals surface area contributed by atoms with Crippen LogP contribution >= 0.6 is 0 Å². The lowest BCUT2D eigenvalue weighted by molar-refractivity contribution is -0.175. The number of carboxylic acids is 2. The Morgan fingerprint density at radius 3 is 1.64 bits per heavy atom. The molecule has 15 nitrogen and oxygen atoms in total. The lowest BCUT2D eigenvalue weighted by Crippen LogP contribution is -2.65.